The first-order valence-electron chi connectivity index (χ1n) is 4.53. The first kappa shape index (κ1) is 11.1. The standard InChI is InChI=1S/C10H9F2N3S/c1-15-10(16-2)13-9(14-15)8-6(11)4-3-5-7(8)12/h3-5H,1-2H3. The second kappa shape index (κ2) is 4.21. The van der Waals surface area contributed by atoms with Crippen LogP contribution in [0.15, 0.2) is 23.4 Å². The third-order valence-electron chi connectivity index (χ3n) is 2.09. The molecule has 0 atom stereocenters. The molecule has 1 aromatic heterocycles. The van der Waals surface area contributed by atoms with Gasteiger partial charge in [0.05, 0.1) is 5.56 Å². The van der Waals surface area contributed by atoms with E-state index in [0.717, 1.165) is 0 Å². The Morgan fingerprint density at radius 2 is 1.88 bits per heavy atom. The molecule has 0 aliphatic rings. The molecule has 1 heterocycles. The van der Waals surface area contributed by atoms with Gasteiger partial charge in [-0.25, -0.2) is 18.4 Å². The van der Waals surface area contributed by atoms with Crippen LogP contribution in [-0.2, 0) is 7.05 Å². The van der Waals surface area contributed by atoms with E-state index in [-0.39, 0.29) is 11.4 Å². The quantitative estimate of drug-likeness (QED) is 0.757. The maximum Gasteiger partial charge on any atom is 0.188 e. The number of nitrogens with zero attached hydrogens (tertiary/aromatic N) is 3. The van der Waals surface area contributed by atoms with Crippen molar-refractivity contribution in [3.8, 4) is 11.4 Å². The van der Waals surface area contributed by atoms with Crippen LogP contribution in [0.3, 0.4) is 0 Å². The Kier molecular flexibility index (Phi) is 2.91. The van der Waals surface area contributed by atoms with Crippen molar-refractivity contribution in [2.24, 2.45) is 7.05 Å². The minimum absolute atomic E-state index is 0.0717. The Labute approximate surface area is 95.5 Å². The lowest BCUT2D eigenvalue weighted by Gasteiger charge is -1.98. The predicted molar refractivity (Wildman–Crippen MR) is 58.1 cm³/mol. The molecule has 2 rings (SSSR count). The SMILES string of the molecule is CSc1nc(-c2c(F)cccc2F)nn1C. The van der Waals surface area contributed by atoms with Crippen LogP contribution in [0.1, 0.15) is 0 Å². The Morgan fingerprint density at radius 1 is 1.25 bits per heavy atom. The van der Waals surface area contributed by atoms with E-state index in [2.05, 4.69) is 10.1 Å². The van der Waals surface area contributed by atoms with E-state index in [9.17, 15) is 8.78 Å². The molecule has 84 valence electrons. The zero-order chi connectivity index (χ0) is 11.7. The number of halogens is 2. The molecule has 0 aliphatic carbocycles. The highest BCUT2D eigenvalue weighted by Gasteiger charge is 2.16. The summed E-state index contributed by atoms with van der Waals surface area (Å²) in [4.78, 5) is 4.06. The Hall–Kier alpha value is -1.43. The van der Waals surface area contributed by atoms with Gasteiger partial charge in [-0.05, 0) is 18.4 Å². The van der Waals surface area contributed by atoms with Crippen molar-refractivity contribution in [1.29, 1.82) is 0 Å². The van der Waals surface area contributed by atoms with Gasteiger partial charge < -0.3 is 0 Å². The molecule has 0 saturated carbocycles. The van der Waals surface area contributed by atoms with Crippen LogP contribution >= 0.6 is 11.8 Å². The minimum Gasteiger partial charge on any atom is -0.243 e. The second-order valence-corrected chi connectivity index (χ2v) is 3.92. The largest absolute Gasteiger partial charge is 0.243 e. The summed E-state index contributed by atoms with van der Waals surface area (Å²) < 4.78 is 28.4. The lowest BCUT2D eigenvalue weighted by Crippen LogP contribution is -1.94. The third-order valence-corrected chi connectivity index (χ3v) is 2.81. The van der Waals surface area contributed by atoms with Gasteiger partial charge in [0.25, 0.3) is 0 Å². The molecule has 0 unspecified atom stereocenters. The minimum atomic E-state index is -0.654. The van der Waals surface area contributed by atoms with Gasteiger partial charge in [-0.3, -0.25) is 0 Å². The van der Waals surface area contributed by atoms with Crippen molar-refractivity contribution in [1.82, 2.24) is 14.8 Å². The number of thioether (sulfide) groups is 1. The van der Waals surface area contributed by atoms with Crippen LogP contribution in [0.5, 0.6) is 0 Å². The summed E-state index contributed by atoms with van der Waals surface area (Å²) in [5.41, 5.74) is -0.182. The monoisotopic (exact) mass is 241 g/mol. The number of aryl methyl sites for hydroxylation is 1. The molecule has 0 spiro atoms. The average Bonchev–Trinajstić information content (AvgIpc) is 2.59. The molecular weight excluding hydrogens is 232 g/mol. The van der Waals surface area contributed by atoms with Gasteiger partial charge in [-0.15, -0.1) is 0 Å². The summed E-state index contributed by atoms with van der Waals surface area (Å²) >= 11 is 1.37. The van der Waals surface area contributed by atoms with Crippen molar-refractivity contribution in [2.45, 2.75) is 5.16 Å². The fourth-order valence-corrected chi connectivity index (χ4v) is 1.85. The highest BCUT2D eigenvalue weighted by molar-refractivity contribution is 7.98. The maximum atomic E-state index is 13.4. The Bertz CT molecular complexity index is 505. The van der Waals surface area contributed by atoms with Crippen LogP contribution in [0.25, 0.3) is 11.4 Å². The van der Waals surface area contributed by atoms with Crippen LogP contribution in [0, 0.1) is 11.6 Å². The maximum absolute atomic E-state index is 13.4. The molecule has 3 nitrogen and oxygen atoms in total. The van der Waals surface area contributed by atoms with Crippen molar-refractivity contribution in [3.63, 3.8) is 0 Å². The number of hydrogen-bond donors (Lipinski definition) is 0. The van der Waals surface area contributed by atoms with E-state index in [1.807, 2.05) is 6.26 Å². The zero-order valence-electron chi connectivity index (χ0n) is 8.74. The summed E-state index contributed by atoms with van der Waals surface area (Å²) in [5.74, 6) is -1.24. The lowest BCUT2D eigenvalue weighted by atomic mass is 10.2. The van der Waals surface area contributed by atoms with Crippen LogP contribution < -0.4 is 0 Å². The van der Waals surface area contributed by atoms with Gasteiger partial charge in [0.1, 0.15) is 11.6 Å². The third kappa shape index (κ3) is 1.80. The van der Waals surface area contributed by atoms with Crippen LogP contribution in [0.2, 0.25) is 0 Å². The molecule has 6 heteroatoms. The second-order valence-electron chi connectivity index (χ2n) is 3.14. The summed E-state index contributed by atoms with van der Waals surface area (Å²) in [6.45, 7) is 0. The first-order chi connectivity index (χ1) is 7.63. The molecule has 0 N–H and O–H groups in total. The van der Waals surface area contributed by atoms with Crippen LogP contribution in [0.4, 0.5) is 8.78 Å². The molecule has 0 radical (unpaired) electrons. The molecule has 0 aliphatic heterocycles. The fourth-order valence-electron chi connectivity index (χ4n) is 1.37. The highest BCUT2D eigenvalue weighted by Crippen LogP contribution is 2.24. The molecule has 0 amide bonds. The van der Waals surface area contributed by atoms with Gasteiger partial charge in [-0.2, -0.15) is 5.10 Å². The van der Waals surface area contributed by atoms with E-state index < -0.39 is 11.6 Å². The zero-order valence-corrected chi connectivity index (χ0v) is 9.55. The van der Waals surface area contributed by atoms with Gasteiger partial charge in [0, 0.05) is 7.05 Å². The Balaban J connectivity index is 2.58. The van der Waals surface area contributed by atoms with Crippen molar-refractivity contribution >= 4 is 11.8 Å². The van der Waals surface area contributed by atoms with Gasteiger partial charge >= 0.3 is 0 Å². The fraction of sp³-hybridized carbons (Fsp3) is 0.200. The van der Waals surface area contributed by atoms with Crippen molar-refractivity contribution in [3.05, 3.63) is 29.8 Å². The van der Waals surface area contributed by atoms with E-state index in [1.54, 1.807) is 7.05 Å². The topological polar surface area (TPSA) is 30.7 Å². The molecule has 0 fully saturated rings. The number of hydrogen-bond acceptors (Lipinski definition) is 3. The number of aromatic nitrogens is 3. The summed E-state index contributed by atoms with van der Waals surface area (Å²) in [6, 6.07) is 3.69. The lowest BCUT2D eigenvalue weighted by molar-refractivity contribution is 0.587. The van der Waals surface area contributed by atoms with Crippen molar-refractivity contribution in [2.75, 3.05) is 6.26 Å². The van der Waals surface area contributed by atoms with E-state index in [4.69, 9.17) is 0 Å². The molecule has 1 aromatic carbocycles. The molecule has 16 heavy (non-hydrogen) atoms. The molecule has 2 aromatic rings. The average molecular weight is 241 g/mol. The predicted octanol–water partition coefficient (Wildman–Crippen LogP) is 2.48. The highest BCUT2D eigenvalue weighted by atomic mass is 32.2. The van der Waals surface area contributed by atoms with E-state index in [1.165, 1.54) is 34.6 Å². The normalized spacial score (nSPS) is 10.8. The first-order valence-corrected chi connectivity index (χ1v) is 5.75. The molecule has 0 bridgehead atoms. The smallest absolute Gasteiger partial charge is 0.188 e. The van der Waals surface area contributed by atoms with E-state index >= 15 is 0 Å². The van der Waals surface area contributed by atoms with Crippen molar-refractivity contribution < 1.29 is 8.78 Å². The summed E-state index contributed by atoms with van der Waals surface area (Å²) in [6.07, 6.45) is 1.82. The van der Waals surface area contributed by atoms with Gasteiger partial charge in [0.15, 0.2) is 11.0 Å². The molecular formula is C10H9F2N3S. The van der Waals surface area contributed by atoms with Gasteiger partial charge in [-0.1, -0.05) is 17.8 Å². The Morgan fingerprint density at radius 3 is 2.38 bits per heavy atom. The summed E-state index contributed by atoms with van der Waals surface area (Å²) in [5, 5.41) is 4.59. The van der Waals surface area contributed by atoms with Gasteiger partial charge in [0.2, 0.25) is 0 Å². The number of benzene rings is 1. The summed E-state index contributed by atoms with van der Waals surface area (Å²) in [7, 11) is 1.68. The molecule has 0 saturated heterocycles. The van der Waals surface area contributed by atoms with Crippen LogP contribution in [-0.4, -0.2) is 21.0 Å². The van der Waals surface area contributed by atoms with E-state index in [0.29, 0.717) is 5.16 Å². The number of rotatable bonds is 2.